The van der Waals surface area contributed by atoms with E-state index >= 15 is 0 Å². The minimum atomic E-state index is -0.873. The molecule has 0 spiro atoms. The molecule has 3 N–H and O–H groups in total. The van der Waals surface area contributed by atoms with Crippen molar-refractivity contribution < 1.29 is 18.7 Å². The monoisotopic (exact) mass is 364 g/mol. The zero-order valence-electron chi connectivity index (χ0n) is 15.8. The molecule has 0 aromatic carbocycles. The molecule has 148 valence electrons. The van der Waals surface area contributed by atoms with Crippen LogP contribution in [0.1, 0.15) is 33.6 Å². The second-order valence-corrected chi connectivity index (χ2v) is 7.84. The van der Waals surface area contributed by atoms with E-state index in [-0.39, 0.29) is 24.9 Å². The molecule has 2 fully saturated rings. The number of alkyl halides is 2. The highest BCUT2D eigenvalue weighted by Crippen LogP contribution is 2.23. The zero-order valence-corrected chi connectivity index (χ0v) is 15.8. The normalized spacial score (nSPS) is 19.6. The summed E-state index contributed by atoms with van der Waals surface area (Å²) in [5.74, 6) is 0. The number of carboxylic acid groups (broad SMARTS) is 1. The third kappa shape index (κ3) is 7.42. The average molecular weight is 364 g/mol. The molecule has 25 heavy (non-hydrogen) atoms. The van der Waals surface area contributed by atoms with E-state index in [0.717, 1.165) is 39.3 Å². The maximum atomic E-state index is 12.0. The van der Waals surface area contributed by atoms with Crippen LogP contribution in [0.25, 0.3) is 0 Å². The first-order valence-electron chi connectivity index (χ1n) is 9.03. The van der Waals surface area contributed by atoms with Crippen LogP contribution in [0, 0.1) is 0 Å². The van der Waals surface area contributed by atoms with Gasteiger partial charge in [-0.15, -0.1) is 0 Å². The van der Waals surface area contributed by atoms with E-state index in [1.54, 1.807) is 0 Å². The van der Waals surface area contributed by atoms with Crippen molar-refractivity contribution in [2.45, 2.75) is 51.2 Å². The van der Waals surface area contributed by atoms with Crippen molar-refractivity contribution in [1.82, 2.24) is 14.7 Å². The topological polar surface area (TPSA) is 73.0 Å². The quantitative estimate of drug-likeness (QED) is 0.721. The van der Waals surface area contributed by atoms with Crippen molar-refractivity contribution in [2.75, 3.05) is 52.6 Å². The van der Waals surface area contributed by atoms with Crippen LogP contribution in [0.15, 0.2) is 0 Å². The SMILES string of the molecule is CC(C)(C)N(C(=O)O)C1CN(CCCF)C1.NC1CN(CCCF)C1. The smallest absolute Gasteiger partial charge is 0.408 e. The van der Waals surface area contributed by atoms with Gasteiger partial charge < -0.3 is 15.7 Å². The molecule has 8 heteroatoms. The Morgan fingerprint density at radius 2 is 1.52 bits per heavy atom. The van der Waals surface area contributed by atoms with E-state index in [9.17, 15) is 13.6 Å². The molecule has 1 amide bonds. The maximum Gasteiger partial charge on any atom is 0.408 e. The summed E-state index contributed by atoms with van der Waals surface area (Å²) in [6, 6.07) is 0.404. The molecule has 0 aliphatic carbocycles. The highest BCUT2D eigenvalue weighted by molar-refractivity contribution is 5.66. The van der Waals surface area contributed by atoms with Gasteiger partial charge in [-0.05, 0) is 33.6 Å². The van der Waals surface area contributed by atoms with Crippen LogP contribution < -0.4 is 5.73 Å². The highest BCUT2D eigenvalue weighted by Gasteiger charge is 2.39. The largest absolute Gasteiger partial charge is 0.465 e. The second-order valence-electron chi connectivity index (χ2n) is 7.84. The van der Waals surface area contributed by atoms with Gasteiger partial charge in [0.2, 0.25) is 0 Å². The predicted octanol–water partition coefficient (Wildman–Crippen LogP) is 1.80. The Balaban J connectivity index is 0.000000293. The fraction of sp³-hybridized carbons (Fsp3) is 0.941. The first kappa shape index (κ1) is 22.1. The number of rotatable bonds is 7. The van der Waals surface area contributed by atoms with Gasteiger partial charge in [0.15, 0.2) is 0 Å². The fourth-order valence-electron chi connectivity index (χ4n) is 3.24. The minimum Gasteiger partial charge on any atom is -0.465 e. The maximum absolute atomic E-state index is 12.0. The van der Waals surface area contributed by atoms with E-state index in [2.05, 4.69) is 9.80 Å². The first-order chi connectivity index (χ1) is 11.7. The predicted molar refractivity (Wildman–Crippen MR) is 95.4 cm³/mol. The fourth-order valence-corrected chi connectivity index (χ4v) is 3.24. The van der Waals surface area contributed by atoms with Crippen LogP contribution in [0.5, 0.6) is 0 Å². The van der Waals surface area contributed by atoms with E-state index in [1.165, 1.54) is 4.90 Å². The van der Waals surface area contributed by atoms with E-state index < -0.39 is 6.09 Å². The van der Waals surface area contributed by atoms with Gasteiger partial charge >= 0.3 is 6.09 Å². The summed E-state index contributed by atoms with van der Waals surface area (Å²) in [5, 5.41) is 9.15. The molecule has 2 aliphatic heterocycles. The Morgan fingerprint density at radius 3 is 1.84 bits per heavy atom. The molecular weight excluding hydrogens is 330 g/mol. The van der Waals surface area contributed by atoms with Crippen molar-refractivity contribution >= 4 is 6.09 Å². The van der Waals surface area contributed by atoms with Crippen molar-refractivity contribution in [1.29, 1.82) is 0 Å². The summed E-state index contributed by atoms with van der Waals surface area (Å²) in [4.78, 5) is 16.9. The van der Waals surface area contributed by atoms with Crippen LogP contribution in [-0.2, 0) is 0 Å². The molecular formula is C17H34F2N4O2. The number of hydrogen-bond donors (Lipinski definition) is 2. The number of carbonyl (C=O) groups is 1. The summed E-state index contributed by atoms with van der Waals surface area (Å²) < 4.78 is 23.5. The van der Waals surface area contributed by atoms with Crippen molar-refractivity contribution in [3.63, 3.8) is 0 Å². The molecule has 0 radical (unpaired) electrons. The van der Waals surface area contributed by atoms with Crippen molar-refractivity contribution in [3.8, 4) is 0 Å². The Morgan fingerprint density at radius 1 is 1.08 bits per heavy atom. The summed E-state index contributed by atoms with van der Waals surface area (Å²) in [7, 11) is 0. The molecule has 6 nitrogen and oxygen atoms in total. The van der Waals surface area contributed by atoms with E-state index in [4.69, 9.17) is 10.8 Å². The lowest BCUT2D eigenvalue weighted by Crippen LogP contribution is -2.65. The van der Waals surface area contributed by atoms with Crippen molar-refractivity contribution in [2.24, 2.45) is 5.73 Å². The van der Waals surface area contributed by atoms with Crippen LogP contribution in [0.4, 0.5) is 13.6 Å². The van der Waals surface area contributed by atoms with E-state index in [0.29, 0.717) is 18.9 Å². The molecule has 0 aromatic heterocycles. The summed E-state index contributed by atoms with van der Waals surface area (Å²) in [6.45, 7) is 10.2. The minimum absolute atomic E-state index is 0.0529. The van der Waals surface area contributed by atoms with Gasteiger partial charge in [0.05, 0.1) is 19.4 Å². The van der Waals surface area contributed by atoms with Gasteiger partial charge in [-0.25, -0.2) is 4.79 Å². The third-order valence-corrected chi connectivity index (χ3v) is 4.43. The molecule has 2 rings (SSSR count). The van der Waals surface area contributed by atoms with Gasteiger partial charge in [0, 0.05) is 50.8 Å². The van der Waals surface area contributed by atoms with Crippen LogP contribution in [0.2, 0.25) is 0 Å². The highest BCUT2D eigenvalue weighted by atomic mass is 19.1. The number of halogens is 2. The van der Waals surface area contributed by atoms with Gasteiger partial charge in [0.1, 0.15) is 0 Å². The summed E-state index contributed by atoms with van der Waals surface area (Å²) in [6.07, 6.45) is 0.324. The number of likely N-dealkylation sites (tertiary alicyclic amines) is 2. The lowest BCUT2D eigenvalue weighted by Gasteiger charge is -2.49. The molecule has 0 saturated carbocycles. The average Bonchev–Trinajstić information content (AvgIpc) is 2.43. The van der Waals surface area contributed by atoms with Gasteiger partial charge in [0.25, 0.3) is 0 Å². The Hall–Kier alpha value is -0.990. The zero-order chi connectivity index (χ0) is 19.0. The lowest BCUT2D eigenvalue weighted by atomic mass is 9.99. The lowest BCUT2D eigenvalue weighted by molar-refractivity contribution is -0.00571. The Bertz CT molecular complexity index is 395. The number of nitrogens with two attached hydrogens (primary N) is 1. The molecule has 0 bridgehead atoms. The standard InChI is InChI=1S/C11H21FN2O2.C6H13FN2/c1-11(2,3)14(10(15)16)9-7-13(8-9)6-4-5-12;7-2-1-3-9-4-6(8)5-9/h9H,4-8H2,1-3H3,(H,15,16);6H,1-5,8H2. The van der Waals surface area contributed by atoms with Crippen LogP contribution >= 0.6 is 0 Å². The summed E-state index contributed by atoms with van der Waals surface area (Å²) in [5.41, 5.74) is 5.13. The first-order valence-corrected chi connectivity index (χ1v) is 9.03. The van der Waals surface area contributed by atoms with Crippen LogP contribution in [-0.4, -0.2) is 96.1 Å². The molecule has 0 aromatic rings. The molecule has 2 heterocycles. The number of amides is 1. The van der Waals surface area contributed by atoms with Gasteiger partial charge in [-0.2, -0.15) is 0 Å². The van der Waals surface area contributed by atoms with Crippen LogP contribution in [0.3, 0.4) is 0 Å². The summed E-state index contributed by atoms with van der Waals surface area (Å²) >= 11 is 0. The Kier molecular flexibility index (Phi) is 9.02. The number of hydrogen-bond acceptors (Lipinski definition) is 4. The molecule has 0 atom stereocenters. The third-order valence-electron chi connectivity index (χ3n) is 4.43. The second kappa shape index (κ2) is 10.2. The van der Waals surface area contributed by atoms with Crippen molar-refractivity contribution in [3.05, 3.63) is 0 Å². The van der Waals surface area contributed by atoms with E-state index in [1.807, 2.05) is 20.8 Å². The van der Waals surface area contributed by atoms with Gasteiger partial charge in [-0.1, -0.05) is 0 Å². The molecule has 2 saturated heterocycles. The van der Waals surface area contributed by atoms with Gasteiger partial charge in [-0.3, -0.25) is 18.6 Å². The Labute approximate surface area is 149 Å². The molecule has 0 unspecified atom stereocenters. The molecule has 2 aliphatic rings. The number of nitrogens with zero attached hydrogens (tertiary/aromatic N) is 3.